The highest BCUT2D eigenvalue weighted by Crippen LogP contribution is 2.23. The number of nitrogens with two attached hydrogens (primary N) is 1. The first kappa shape index (κ1) is 11.9. The average Bonchev–Trinajstić information content (AvgIpc) is 2.87. The number of carbonyl (C=O) groups is 1. The zero-order chi connectivity index (χ0) is 12.4. The van der Waals surface area contributed by atoms with Crippen molar-refractivity contribution in [3.63, 3.8) is 0 Å². The van der Waals surface area contributed by atoms with Gasteiger partial charge in [-0.25, -0.2) is 0 Å². The molecular weight excluding hydrogens is 220 g/mol. The first-order valence-electron chi connectivity index (χ1n) is 5.84. The number of aliphatic hydroxyl groups is 1. The van der Waals surface area contributed by atoms with Crippen molar-refractivity contribution in [3.05, 3.63) is 11.3 Å². The highest BCUT2D eigenvalue weighted by molar-refractivity contribution is 5.99. The number of rotatable bonds is 3. The van der Waals surface area contributed by atoms with Crippen LogP contribution >= 0.6 is 0 Å². The molecule has 0 saturated carbocycles. The van der Waals surface area contributed by atoms with Crippen LogP contribution in [0.1, 0.15) is 28.9 Å². The van der Waals surface area contributed by atoms with Gasteiger partial charge in [0.05, 0.1) is 0 Å². The molecule has 1 amide bonds. The maximum Gasteiger partial charge on any atom is 0.259 e. The lowest BCUT2D eigenvalue weighted by Crippen LogP contribution is -2.29. The normalized spacial score (nSPS) is 19.9. The quantitative estimate of drug-likeness (QED) is 0.698. The predicted octanol–water partition coefficient (Wildman–Crippen LogP) is 0.145. The van der Waals surface area contributed by atoms with Crippen molar-refractivity contribution in [1.82, 2.24) is 15.1 Å². The van der Waals surface area contributed by atoms with Crippen LogP contribution in [-0.2, 0) is 0 Å². The molecule has 0 radical (unpaired) electrons. The van der Waals surface area contributed by atoms with Crippen molar-refractivity contribution < 1.29 is 9.90 Å². The lowest BCUT2D eigenvalue weighted by Gasteiger charge is -2.16. The lowest BCUT2D eigenvalue weighted by atomic mass is 10.1. The zero-order valence-electron chi connectivity index (χ0n) is 9.94. The number of aromatic amines is 1. The molecular formula is C11H18N4O2. The number of aliphatic hydroxyl groups excluding tert-OH is 1. The van der Waals surface area contributed by atoms with E-state index in [0.717, 1.165) is 19.4 Å². The molecule has 2 rings (SSSR count). The van der Waals surface area contributed by atoms with E-state index in [0.29, 0.717) is 23.7 Å². The molecule has 1 aliphatic heterocycles. The molecule has 17 heavy (non-hydrogen) atoms. The van der Waals surface area contributed by atoms with Gasteiger partial charge in [-0.05, 0) is 25.7 Å². The van der Waals surface area contributed by atoms with Crippen molar-refractivity contribution >= 4 is 11.7 Å². The minimum absolute atomic E-state index is 0.0609. The van der Waals surface area contributed by atoms with Crippen LogP contribution in [0.2, 0.25) is 0 Å². The van der Waals surface area contributed by atoms with Gasteiger partial charge < -0.3 is 15.7 Å². The van der Waals surface area contributed by atoms with Gasteiger partial charge in [0.15, 0.2) is 5.82 Å². The Balaban J connectivity index is 2.07. The maximum atomic E-state index is 12.2. The van der Waals surface area contributed by atoms with Gasteiger partial charge in [-0.2, -0.15) is 5.10 Å². The largest absolute Gasteiger partial charge is 0.396 e. The molecule has 6 heteroatoms. The van der Waals surface area contributed by atoms with Crippen LogP contribution in [0.5, 0.6) is 0 Å². The van der Waals surface area contributed by atoms with Crippen molar-refractivity contribution in [2.45, 2.75) is 19.8 Å². The Bertz CT molecular complexity index is 396. The van der Waals surface area contributed by atoms with Crippen molar-refractivity contribution in [2.75, 3.05) is 25.4 Å². The molecule has 1 saturated heterocycles. The van der Waals surface area contributed by atoms with Gasteiger partial charge in [-0.3, -0.25) is 9.89 Å². The molecule has 4 N–H and O–H groups in total. The fourth-order valence-electron chi connectivity index (χ4n) is 2.31. The maximum absolute atomic E-state index is 12.2. The first-order chi connectivity index (χ1) is 8.13. The summed E-state index contributed by atoms with van der Waals surface area (Å²) < 4.78 is 0. The molecule has 0 aliphatic carbocycles. The number of carbonyl (C=O) groups excluding carboxylic acids is 1. The van der Waals surface area contributed by atoms with E-state index in [4.69, 9.17) is 10.8 Å². The number of nitrogens with one attached hydrogen (secondary N) is 1. The minimum Gasteiger partial charge on any atom is -0.396 e. The molecule has 1 aromatic rings. The summed E-state index contributed by atoms with van der Waals surface area (Å²) in [5, 5.41) is 15.4. The molecule has 1 fully saturated rings. The van der Waals surface area contributed by atoms with E-state index in [1.807, 2.05) is 0 Å². The molecule has 1 atom stereocenters. The van der Waals surface area contributed by atoms with E-state index in [2.05, 4.69) is 10.2 Å². The smallest absolute Gasteiger partial charge is 0.259 e. The van der Waals surface area contributed by atoms with Crippen molar-refractivity contribution in [2.24, 2.45) is 5.92 Å². The Labute approximate surface area is 99.8 Å². The van der Waals surface area contributed by atoms with Crippen LogP contribution < -0.4 is 5.73 Å². The van der Waals surface area contributed by atoms with Gasteiger partial charge in [0.1, 0.15) is 5.56 Å². The highest BCUT2D eigenvalue weighted by Gasteiger charge is 2.29. The topological polar surface area (TPSA) is 95.2 Å². The van der Waals surface area contributed by atoms with E-state index in [9.17, 15) is 4.79 Å². The summed E-state index contributed by atoms with van der Waals surface area (Å²) in [6.07, 6.45) is 1.70. The van der Waals surface area contributed by atoms with Crippen LogP contribution in [0, 0.1) is 12.8 Å². The van der Waals surface area contributed by atoms with E-state index in [-0.39, 0.29) is 18.3 Å². The van der Waals surface area contributed by atoms with Crippen LogP contribution in [0.4, 0.5) is 5.82 Å². The zero-order valence-corrected chi connectivity index (χ0v) is 9.94. The number of likely N-dealkylation sites (tertiary alicyclic amines) is 1. The fourth-order valence-corrected chi connectivity index (χ4v) is 2.31. The lowest BCUT2D eigenvalue weighted by molar-refractivity contribution is 0.0785. The third-order valence-electron chi connectivity index (χ3n) is 3.30. The summed E-state index contributed by atoms with van der Waals surface area (Å²) >= 11 is 0. The summed E-state index contributed by atoms with van der Waals surface area (Å²) in [4.78, 5) is 14.0. The average molecular weight is 238 g/mol. The number of nitrogens with zero attached hydrogens (tertiary/aromatic N) is 2. The standard InChI is InChI=1S/C11H18N4O2/c1-7-9(10(12)14-13-7)11(17)15-4-2-8(6-15)3-5-16/h8,16H,2-6H2,1H3,(H3,12,13,14). The number of hydrogen-bond donors (Lipinski definition) is 3. The second-order valence-electron chi connectivity index (χ2n) is 4.53. The predicted molar refractivity (Wildman–Crippen MR) is 63.5 cm³/mol. The molecule has 94 valence electrons. The molecule has 6 nitrogen and oxygen atoms in total. The molecule has 0 spiro atoms. The second-order valence-corrected chi connectivity index (χ2v) is 4.53. The van der Waals surface area contributed by atoms with E-state index in [1.165, 1.54) is 0 Å². The van der Waals surface area contributed by atoms with Crippen LogP contribution in [-0.4, -0.2) is 45.8 Å². The van der Waals surface area contributed by atoms with Crippen molar-refractivity contribution in [1.29, 1.82) is 0 Å². The highest BCUT2D eigenvalue weighted by atomic mass is 16.3. The minimum atomic E-state index is -0.0609. The molecule has 0 aromatic carbocycles. The molecule has 1 aromatic heterocycles. The second kappa shape index (κ2) is 4.75. The van der Waals surface area contributed by atoms with Gasteiger partial charge >= 0.3 is 0 Å². The summed E-state index contributed by atoms with van der Waals surface area (Å²) in [5.41, 5.74) is 6.86. The Kier molecular flexibility index (Phi) is 3.33. The van der Waals surface area contributed by atoms with Crippen molar-refractivity contribution in [3.8, 4) is 0 Å². The Morgan fingerprint density at radius 1 is 1.71 bits per heavy atom. The molecule has 1 unspecified atom stereocenters. The van der Waals surface area contributed by atoms with Crippen LogP contribution in [0.25, 0.3) is 0 Å². The first-order valence-corrected chi connectivity index (χ1v) is 5.84. The molecule has 2 heterocycles. The Morgan fingerprint density at radius 3 is 3.06 bits per heavy atom. The van der Waals surface area contributed by atoms with Gasteiger partial charge in [0.2, 0.25) is 0 Å². The molecule has 0 bridgehead atoms. The summed E-state index contributed by atoms with van der Waals surface area (Å²) in [6, 6.07) is 0. The van der Waals surface area contributed by atoms with Crippen LogP contribution in [0.15, 0.2) is 0 Å². The number of aromatic nitrogens is 2. The van der Waals surface area contributed by atoms with Gasteiger partial charge in [-0.15, -0.1) is 0 Å². The number of nitrogen functional groups attached to an aromatic ring is 1. The Morgan fingerprint density at radius 2 is 2.47 bits per heavy atom. The number of anilines is 1. The van der Waals surface area contributed by atoms with E-state index in [1.54, 1.807) is 11.8 Å². The number of amides is 1. The van der Waals surface area contributed by atoms with Gasteiger partial charge in [0, 0.05) is 25.4 Å². The Hall–Kier alpha value is -1.56. The summed E-state index contributed by atoms with van der Waals surface area (Å²) in [7, 11) is 0. The molecule has 1 aliphatic rings. The fraction of sp³-hybridized carbons (Fsp3) is 0.636. The number of hydrogen-bond acceptors (Lipinski definition) is 4. The van der Waals surface area contributed by atoms with E-state index >= 15 is 0 Å². The summed E-state index contributed by atoms with van der Waals surface area (Å²) in [6.45, 7) is 3.40. The summed E-state index contributed by atoms with van der Waals surface area (Å²) in [5.74, 6) is 0.602. The van der Waals surface area contributed by atoms with Crippen LogP contribution in [0.3, 0.4) is 0 Å². The number of H-pyrrole nitrogens is 1. The third-order valence-corrected chi connectivity index (χ3v) is 3.30. The van der Waals surface area contributed by atoms with E-state index < -0.39 is 0 Å². The monoisotopic (exact) mass is 238 g/mol. The van der Waals surface area contributed by atoms with Gasteiger partial charge in [0.25, 0.3) is 5.91 Å². The van der Waals surface area contributed by atoms with Gasteiger partial charge in [-0.1, -0.05) is 0 Å². The third kappa shape index (κ3) is 2.26. The SMILES string of the molecule is Cc1[nH]nc(N)c1C(=O)N1CCC(CCO)C1. The number of aryl methyl sites for hydroxylation is 1.